The molecule has 8 nitrogen and oxygen atoms in total. The Labute approximate surface area is 157 Å². The van der Waals surface area contributed by atoms with Crippen molar-refractivity contribution in [3.8, 4) is 5.69 Å². The number of carbonyl (C=O) groups excluding carboxylic acids is 2. The first-order valence-corrected chi connectivity index (χ1v) is 10.5. The lowest BCUT2D eigenvalue weighted by molar-refractivity contribution is -0.136. The van der Waals surface area contributed by atoms with Gasteiger partial charge >= 0.3 is 11.8 Å². The van der Waals surface area contributed by atoms with Crippen LogP contribution in [0.1, 0.15) is 37.1 Å². The van der Waals surface area contributed by atoms with Crippen molar-refractivity contribution in [3.63, 3.8) is 0 Å². The summed E-state index contributed by atoms with van der Waals surface area (Å²) in [6.07, 6.45) is 0.688. The fraction of sp³-hybridized carbons (Fsp3) is 0.389. The number of aryl methyl sites for hydroxylation is 1. The molecule has 1 aromatic heterocycles. The minimum atomic E-state index is -3.30. The molecule has 2 N–H and O–H groups in total. The Morgan fingerprint density at radius 2 is 1.93 bits per heavy atom. The highest BCUT2D eigenvalue weighted by molar-refractivity contribution is 7.90. The van der Waals surface area contributed by atoms with E-state index in [0.717, 1.165) is 5.56 Å². The Kier molecular flexibility index (Phi) is 5.05. The lowest BCUT2D eigenvalue weighted by Gasteiger charge is -2.14. The standard InChI is InChI=1S/C18H22N4O4S/c1-4-12(3)19-17(23)18(24)20-16-13-9-27(25,26)10-14(13)21-22(16)15-8-6-5-7-11(15)2/h5-8,12H,4,9-10H2,1-3H3,(H,19,23)(H,20,24)/t12-/m1/s1. The van der Waals surface area contributed by atoms with E-state index in [1.807, 2.05) is 38.1 Å². The van der Waals surface area contributed by atoms with Crippen LogP contribution in [0.25, 0.3) is 5.69 Å². The Bertz CT molecular complexity index is 1010. The first-order valence-electron chi connectivity index (χ1n) is 8.71. The quantitative estimate of drug-likeness (QED) is 0.768. The molecule has 27 heavy (non-hydrogen) atoms. The van der Waals surface area contributed by atoms with Crippen molar-refractivity contribution in [2.75, 3.05) is 5.32 Å². The number of carbonyl (C=O) groups is 2. The van der Waals surface area contributed by atoms with Crippen molar-refractivity contribution in [1.82, 2.24) is 15.1 Å². The van der Waals surface area contributed by atoms with Crippen LogP contribution in [0.2, 0.25) is 0 Å². The summed E-state index contributed by atoms with van der Waals surface area (Å²) >= 11 is 0. The maximum atomic E-state index is 12.4. The van der Waals surface area contributed by atoms with E-state index in [4.69, 9.17) is 0 Å². The summed E-state index contributed by atoms with van der Waals surface area (Å²) in [5, 5.41) is 9.56. The summed E-state index contributed by atoms with van der Waals surface area (Å²) in [7, 11) is -3.30. The van der Waals surface area contributed by atoms with Gasteiger partial charge in [-0.25, -0.2) is 13.1 Å². The fourth-order valence-electron chi connectivity index (χ4n) is 2.90. The van der Waals surface area contributed by atoms with Crippen molar-refractivity contribution in [2.24, 2.45) is 0 Å². The van der Waals surface area contributed by atoms with E-state index in [9.17, 15) is 18.0 Å². The van der Waals surface area contributed by atoms with Gasteiger partial charge < -0.3 is 10.6 Å². The molecule has 1 atom stereocenters. The van der Waals surface area contributed by atoms with Crippen LogP contribution >= 0.6 is 0 Å². The van der Waals surface area contributed by atoms with Crippen LogP contribution in [0.15, 0.2) is 24.3 Å². The van der Waals surface area contributed by atoms with Crippen molar-refractivity contribution in [1.29, 1.82) is 0 Å². The first kappa shape index (κ1) is 19.1. The molecule has 3 rings (SSSR count). The number of aromatic nitrogens is 2. The largest absolute Gasteiger partial charge is 0.345 e. The Balaban J connectivity index is 1.99. The highest BCUT2D eigenvalue weighted by Crippen LogP contribution is 2.33. The lowest BCUT2D eigenvalue weighted by atomic mass is 10.2. The first-order chi connectivity index (χ1) is 12.7. The molecule has 2 amide bonds. The average Bonchev–Trinajstić information content (AvgIpc) is 3.07. The fourth-order valence-corrected chi connectivity index (χ4v) is 4.40. The third-order valence-electron chi connectivity index (χ3n) is 4.56. The highest BCUT2D eigenvalue weighted by atomic mass is 32.2. The van der Waals surface area contributed by atoms with Crippen molar-refractivity contribution in [3.05, 3.63) is 41.1 Å². The number of benzene rings is 1. The SMILES string of the molecule is CC[C@@H](C)NC(=O)C(=O)Nc1c2c(nn1-c1ccccc1C)CS(=O)(=O)C2. The Morgan fingerprint density at radius 3 is 2.59 bits per heavy atom. The van der Waals surface area contributed by atoms with E-state index in [2.05, 4.69) is 15.7 Å². The Morgan fingerprint density at radius 1 is 1.22 bits per heavy atom. The van der Waals surface area contributed by atoms with Crippen LogP contribution in [0, 0.1) is 6.92 Å². The van der Waals surface area contributed by atoms with Crippen molar-refractivity contribution in [2.45, 2.75) is 44.7 Å². The molecular formula is C18H22N4O4S. The molecule has 1 aliphatic rings. The minimum Gasteiger partial charge on any atom is -0.345 e. The molecule has 0 saturated carbocycles. The molecule has 1 aliphatic heterocycles. The van der Waals surface area contributed by atoms with Gasteiger partial charge in [0.05, 0.1) is 22.9 Å². The van der Waals surface area contributed by atoms with Gasteiger partial charge in [0, 0.05) is 11.6 Å². The van der Waals surface area contributed by atoms with E-state index in [0.29, 0.717) is 23.4 Å². The summed E-state index contributed by atoms with van der Waals surface area (Å²) in [6, 6.07) is 7.27. The third-order valence-corrected chi connectivity index (χ3v) is 6.00. The molecule has 2 heterocycles. The van der Waals surface area contributed by atoms with E-state index >= 15 is 0 Å². The van der Waals surface area contributed by atoms with Crippen LogP contribution in [0.3, 0.4) is 0 Å². The molecule has 0 spiro atoms. The van der Waals surface area contributed by atoms with Crippen LogP contribution in [-0.2, 0) is 30.9 Å². The third kappa shape index (κ3) is 3.87. The predicted octanol–water partition coefficient (Wildman–Crippen LogP) is 1.46. The van der Waals surface area contributed by atoms with E-state index in [1.54, 1.807) is 6.92 Å². The van der Waals surface area contributed by atoms with Crippen molar-refractivity contribution < 1.29 is 18.0 Å². The van der Waals surface area contributed by atoms with Gasteiger partial charge in [-0.1, -0.05) is 25.1 Å². The zero-order valence-electron chi connectivity index (χ0n) is 15.4. The van der Waals surface area contributed by atoms with Crippen LogP contribution < -0.4 is 10.6 Å². The number of sulfone groups is 1. The summed E-state index contributed by atoms with van der Waals surface area (Å²) in [4.78, 5) is 24.5. The maximum absolute atomic E-state index is 12.4. The number of rotatable bonds is 4. The highest BCUT2D eigenvalue weighted by Gasteiger charge is 2.34. The second-order valence-corrected chi connectivity index (χ2v) is 8.81. The Hall–Kier alpha value is -2.68. The van der Waals surface area contributed by atoms with Gasteiger partial charge in [0.2, 0.25) is 0 Å². The van der Waals surface area contributed by atoms with E-state index < -0.39 is 21.7 Å². The number of amides is 2. The van der Waals surface area contributed by atoms with Gasteiger partial charge in [-0.05, 0) is 31.9 Å². The topological polar surface area (TPSA) is 110 Å². The minimum absolute atomic E-state index is 0.143. The molecule has 0 aliphatic carbocycles. The summed E-state index contributed by atoms with van der Waals surface area (Å²) < 4.78 is 25.5. The van der Waals surface area contributed by atoms with Crippen LogP contribution in [-0.4, -0.2) is 36.1 Å². The summed E-state index contributed by atoms with van der Waals surface area (Å²) in [6.45, 7) is 5.58. The molecule has 2 aromatic rings. The van der Waals surface area contributed by atoms with Gasteiger partial charge in [-0.3, -0.25) is 9.59 Å². The monoisotopic (exact) mass is 390 g/mol. The molecule has 0 saturated heterocycles. The maximum Gasteiger partial charge on any atom is 0.314 e. The number of fused-ring (bicyclic) bond motifs is 1. The van der Waals surface area contributed by atoms with E-state index in [-0.39, 0.29) is 23.4 Å². The summed E-state index contributed by atoms with van der Waals surface area (Å²) in [5.74, 6) is -1.78. The number of hydrogen-bond acceptors (Lipinski definition) is 5. The number of nitrogens with one attached hydrogen (secondary N) is 2. The number of nitrogens with zero attached hydrogens (tertiary/aromatic N) is 2. The lowest BCUT2D eigenvalue weighted by Crippen LogP contribution is -2.40. The van der Waals surface area contributed by atoms with Gasteiger partial charge in [-0.2, -0.15) is 5.10 Å². The number of para-hydroxylation sites is 1. The predicted molar refractivity (Wildman–Crippen MR) is 101 cm³/mol. The number of anilines is 1. The molecule has 144 valence electrons. The van der Waals surface area contributed by atoms with Gasteiger partial charge in [0.1, 0.15) is 5.82 Å². The van der Waals surface area contributed by atoms with Crippen molar-refractivity contribution >= 4 is 27.5 Å². The second kappa shape index (κ2) is 7.15. The number of hydrogen-bond donors (Lipinski definition) is 2. The van der Waals surface area contributed by atoms with Gasteiger partial charge in [-0.15, -0.1) is 0 Å². The smallest absolute Gasteiger partial charge is 0.314 e. The normalized spacial score (nSPS) is 15.8. The zero-order valence-corrected chi connectivity index (χ0v) is 16.3. The molecular weight excluding hydrogens is 368 g/mol. The molecule has 0 bridgehead atoms. The molecule has 1 aromatic carbocycles. The molecule has 9 heteroatoms. The second-order valence-electron chi connectivity index (χ2n) is 6.74. The molecule has 0 unspecified atom stereocenters. The van der Waals surface area contributed by atoms with Crippen LogP contribution in [0.4, 0.5) is 5.82 Å². The molecule has 0 fully saturated rings. The van der Waals surface area contributed by atoms with E-state index in [1.165, 1.54) is 4.68 Å². The summed E-state index contributed by atoms with van der Waals surface area (Å²) in [5.41, 5.74) is 2.45. The molecule has 0 radical (unpaired) electrons. The van der Waals surface area contributed by atoms with Gasteiger partial charge in [0.25, 0.3) is 0 Å². The average molecular weight is 390 g/mol. The zero-order chi connectivity index (χ0) is 19.8. The van der Waals surface area contributed by atoms with Gasteiger partial charge in [0.15, 0.2) is 9.84 Å². The van der Waals surface area contributed by atoms with Crippen LogP contribution in [0.5, 0.6) is 0 Å².